The SMILES string of the molecule is Cc1cc(Br)cc(CN2CCOC(CC(=O)O)C2)c1O. The van der Waals surface area contributed by atoms with Crippen LogP contribution in [0.25, 0.3) is 0 Å². The molecule has 0 aromatic heterocycles. The maximum absolute atomic E-state index is 10.7. The predicted octanol–water partition coefficient (Wildman–Crippen LogP) is 2.14. The van der Waals surface area contributed by atoms with E-state index < -0.39 is 5.97 Å². The predicted molar refractivity (Wildman–Crippen MR) is 77.8 cm³/mol. The molecule has 1 aliphatic rings. The van der Waals surface area contributed by atoms with Gasteiger partial charge in [0.15, 0.2) is 0 Å². The number of nitrogens with zero attached hydrogens (tertiary/aromatic N) is 1. The van der Waals surface area contributed by atoms with Crippen molar-refractivity contribution in [2.75, 3.05) is 19.7 Å². The van der Waals surface area contributed by atoms with Crippen molar-refractivity contribution >= 4 is 21.9 Å². The smallest absolute Gasteiger partial charge is 0.306 e. The number of aliphatic carboxylic acids is 1. The first kappa shape index (κ1) is 15.3. The average Bonchev–Trinajstić information content (AvgIpc) is 2.35. The lowest BCUT2D eigenvalue weighted by molar-refractivity contribution is -0.142. The van der Waals surface area contributed by atoms with Crippen molar-refractivity contribution in [3.63, 3.8) is 0 Å². The Labute approximate surface area is 126 Å². The largest absolute Gasteiger partial charge is 0.507 e. The number of benzene rings is 1. The summed E-state index contributed by atoms with van der Waals surface area (Å²) in [7, 11) is 0. The molecule has 2 N–H and O–H groups in total. The van der Waals surface area contributed by atoms with Crippen molar-refractivity contribution in [3.8, 4) is 5.75 Å². The number of rotatable bonds is 4. The molecule has 2 rings (SSSR count). The standard InChI is InChI=1S/C14H18BrNO4/c1-9-4-11(15)5-10(14(9)19)7-16-2-3-20-12(8-16)6-13(17)18/h4-5,12,19H,2-3,6-8H2,1H3,(H,17,18). The number of ether oxygens (including phenoxy) is 1. The molecule has 1 aromatic rings. The second kappa shape index (κ2) is 6.56. The molecule has 0 spiro atoms. The maximum Gasteiger partial charge on any atom is 0.306 e. The summed E-state index contributed by atoms with van der Waals surface area (Å²) in [6.07, 6.45) is -0.267. The molecule has 1 fully saturated rings. The molecule has 0 aliphatic carbocycles. The summed E-state index contributed by atoms with van der Waals surface area (Å²) in [5.41, 5.74) is 1.66. The van der Waals surface area contributed by atoms with E-state index in [0.717, 1.165) is 22.1 Å². The highest BCUT2D eigenvalue weighted by atomic mass is 79.9. The van der Waals surface area contributed by atoms with E-state index in [1.807, 2.05) is 19.1 Å². The van der Waals surface area contributed by atoms with Gasteiger partial charge in [0.05, 0.1) is 19.1 Å². The molecule has 1 aromatic carbocycles. The van der Waals surface area contributed by atoms with Gasteiger partial charge in [-0.15, -0.1) is 0 Å². The van der Waals surface area contributed by atoms with Crippen molar-refractivity contribution in [1.29, 1.82) is 0 Å². The normalized spacial score (nSPS) is 20.0. The van der Waals surface area contributed by atoms with Crippen LogP contribution >= 0.6 is 15.9 Å². The van der Waals surface area contributed by atoms with Crippen LogP contribution in [0.5, 0.6) is 5.75 Å². The lowest BCUT2D eigenvalue weighted by Crippen LogP contribution is -2.42. The summed E-state index contributed by atoms with van der Waals surface area (Å²) >= 11 is 3.42. The van der Waals surface area contributed by atoms with Crippen molar-refractivity contribution in [2.24, 2.45) is 0 Å². The van der Waals surface area contributed by atoms with Gasteiger partial charge in [-0.3, -0.25) is 9.69 Å². The summed E-state index contributed by atoms with van der Waals surface area (Å²) < 4.78 is 6.37. The molecule has 0 saturated carbocycles. The molecule has 1 aliphatic heterocycles. The van der Waals surface area contributed by atoms with E-state index in [-0.39, 0.29) is 12.5 Å². The second-order valence-electron chi connectivity index (χ2n) is 5.06. The van der Waals surface area contributed by atoms with Gasteiger partial charge in [0, 0.05) is 29.7 Å². The van der Waals surface area contributed by atoms with Gasteiger partial charge >= 0.3 is 5.97 Å². The van der Waals surface area contributed by atoms with Gasteiger partial charge in [0.1, 0.15) is 5.75 Å². The highest BCUT2D eigenvalue weighted by Crippen LogP contribution is 2.28. The molecule has 1 atom stereocenters. The molecule has 1 unspecified atom stereocenters. The number of carboxylic acid groups (broad SMARTS) is 1. The van der Waals surface area contributed by atoms with Gasteiger partial charge in [-0.05, 0) is 24.6 Å². The molecular weight excluding hydrogens is 326 g/mol. The van der Waals surface area contributed by atoms with Gasteiger partial charge in [0.25, 0.3) is 0 Å². The number of hydrogen-bond donors (Lipinski definition) is 2. The maximum atomic E-state index is 10.7. The number of morpholine rings is 1. The minimum absolute atomic E-state index is 0.0139. The van der Waals surface area contributed by atoms with Crippen LogP contribution in [-0.4, -0.2) is 46.9 Å². The zero-order chi connectivity index (χ0) is 14.7. The first-order valence-electron chi connectivity index (χ1n) is 6.49. The highest BCUT2D eigenvalue weighted by Gasteiger charge is 2.23. The Bertz CT molecular complexity index is 506. The van der Waals surface area contributed by atoms with Gasteiger partial charge in [-0.2, -0.15) is 0 Å². The van der Waals surface area contributed by atoms with E-state index in [9.17, 15) is 9.90 Å². The van der Waals surface area contributed by atoms with Crippen LogP contribution in [0.15, 0.2) is 16.6 Å². The summed E-state index contributed by atoms with van der Waals surface area (Å²) in [5.74, 6) is -0.549. The fraction of sp³-hybridized carbons (Fsp3) is 0.500. The van der Waals surface area contributed by atoms with Crippen molar-refractivity contribution in [2.45, 2.75) is 26.0 Å². The van der Waals surface area contributed by atoms with Gasteiger partial charge in [-0.25, -0.2) is 0 Å². The first-order chi connectivity index (χ1) is 9.45. The molecule has 5 nitrogen and oxygen atoms in total. The molecule has 0 bridgehead atoms. The summed E-state index contributed by atoms with van der Waals surface area (Å²) in [6.45, 7) is 4.27. The molecule has 20 heavy (non-hydrogen) atoms. The van der Waals surface area contributed by atoms with E-state index in [4.69, 9.17) is 9.84 Å². The Morgan fingerprint density at radius 1 is 1.55 bits per heavy atom. The van der Waals surface area contributed by atoms with Crippen molar-refractivity contribution in [1.82, 2.24) is 4.90 Å². The third-order valence-electron chi connectivity index (χ3n) is 3.36. The zero-order valence-electron chi connectivity index (χ0n) is 11.3. The highest BCUT2D eigenvalue weighted by molar-refractivity contribution is 9.10. The van der Waals surface area contributed by atoms with Crippen LogP contribution in [0.4, 0.5) is 0 Å². The van der Waals surface area contributed by atoms with E-state index in [1.54, 1.807) is 0 Å². The topological polar surface area (TPSA) is 70.0 Å². The molecule has 0 radical (unpaired) electrons. The van der Waals surface area contributed by atoms with Gasteiger partial charge < -0.3 is 14.9 Å². The molecule has 6 heteroatoms. The zero-order valence-corrected chi connectivity index (χ0v) is 12.9. The molecule has 0 amide bonds. The van der Waals surface area contributed by atoms with Crippen molar-refractivity contribution < 1.29 is 19.7 Å². The molecule has 110 valence electrons. The lowest BCUT2D eigenvalue weighted by Gasteiger charge is -2.32. The fourth-order valence-corrected chi connectivity index (χ4v) is 3.03. The van der Waals surface area contributed by atoms with Crippen LogP contribution in [-0.2, 0) is 16.1 Å². The Balaban J connectivity index is 2.04. The minimum atomic E-state index is -0.849. The molecule has 1 heterocycles. The number of phenolic OH excluding ortho intramolecular Hbond substituents is 1. The number of carbonyl (C=O) groups is 1. The minimum Gasteiger partial charge on any atom is -0.507 e. The second-order valence-corrected chi connectivity index (χ2v) is 5.97. The van der Waals surface area contributed by atoms with Crippen LogP contribution in [0.1, 0.15) is 17.5 Å². The number of hydrogen-bond acceptors (Lipinski definition) is 4. The van der Waals surface area contributed by atoms with Crippen LogP contribution in [0.3, 0.4) is 0 Å². The van der Waals surface area contributed by atoms with Gasteiger partial charge in [0.2, 0.25) is 0 Å². The third-order valence-corrected chi connectivity index (χ3v) is 3.82. The van der Waals surface area contributed by atoms with Crippen LogP contribution < -0.4 is 0 Å². The average molecular weight is 344 g/mol. The van der Waals surface area contributed by atoms with Crippen molar-refractivity contribution in [3.05, 3.63) is 27.7 Å². The van der Waals surface area contributed by atoms with E-state index in [0.29, 0.717) is 25.4 Å². The lowest BCUT2D eigenvalue weighted by atomic mass is 10.1. The van der Waals surface area contributed by atoms with Crippen LogP contribution in [0.2, 0.25) is 0 Å². The summed E-state index contributed by atoms with van der Waals surface area (Å²) in [6, 6.07) is 3.76. The monoisotopic (exact) mass is 343 g/mol. The Morgan fingerprint density at radius 2 is 2.30 bits per heavy atom. The Morgan fingerprint density at radius 3 is 3.00 bits per heavy atom. The number of aromatic hydroxyl groups is 1. The van der Waals surface area contributed by atoms with Gasteiger partial charge in [-0.1, -0.05) is 15.9 Å². The summed E-state index contributed by atoms with van der Waals surface area (Å²) in [4.78, 5) is 12.8. The quantitative estimate of drug-likeness (QED) is 0.876. The van der Waals surface area contributed by atoms with E-state index >= 15 is 0 Å². The Hall–Kier alpha value is -1.11. The number of carboxylic acids is 1. The molecular formula is C14H18BrNO4. The fourth-order valence-electron chi connectivity index (χ4n) is 2.41. The summed E-state index contributed by atoms with van der Waals surface area (Å²) in [5, 5.41) is 18.9. The number of phenols is 1. The van der Waals surface area contributed by atoms with E-state index in [2.05, 4.69) is 20.8 Å². The van der Waals surface area contributed by atoms with Crippen LogP contribution in [0, 0.1) is 6.92 Å². The third kappa shape index (κ3) is 3.94. The molecule has 1 saturated heterocycles. The van der Waals surface area contributed by atoms with E-state index in [1.165, 1.54) is 0 Å². The first-order valence-corrected chi connectivity index (χ1v) is 7.28. The number of aryl methyl sites for hydroxylation is 1. The Kier molecular flexibility index (Phi) is 5.01. The number of halogens is 1.